The summed E-state index contributed by atoms with van der Waals surface area (Å²) in [5.74, 6) is -0.186. The largest absolute Gasteiger partial charge is 0.463 e. The number of carbonyl (C=O) groups excluding carboxylic acids is 1. The highest BCUT2D eigenvalue weighted by Gasteiger charge is 2.36. The highest BCUT2D eigenvalue weighted by molar-refractivity contribution is 7.93. The second kappa shape index (κ2) is 8.91. The average Bonchev–Trinajstić information content (AvgIpc) is 2.61. The van der Waals surface area contributed by atoms with Crippen LogP contribution in [0.4, 0.5) is 5.69 Å². The number of carbonyl (C=O) groups is 1. The van der Waals surface area contributed by atoms with Gasteiger partial charge in [0.1, 0.15) is 5.25 Å². The first-order valence-corrected chi connectivity index (χ1v) is 11.2. The van der Waals surface area contributed by atoms with Gasteiger partial charge in [-0.3, -0.25) is 4.72 Å². The molecule has 0 heterocycles. The first-order valence-electron chi connectivity index (χ1n) is 9.70. The van der Waals surface area contributed by atoms with Crippen LogP contribution in [0.25, 0.3) is 0 Å². The molecular weight excluding hydrogens is 362 g/mol. The van der Waals surface area contributed by atoms with Crippen LogP contribution >= 0.6 is 0 Å². The molecule has 1 aliphatic carbocycles. The zero-order valence-corrected chi connectivity index (χ0v) is 17.7. The third kappa shape index (κ3) is 4.92. The van der Waals surface area contributed by atoms with Crippen LogP contribution in [0.15, 0.2) is 29.8 Å². The zero-order chi connectivity index (χ0) is 20.2. The fourth-order valence-corrected chi connectivity index (χ4v) is 5.15. The number of para-hydroxylation sites is 1. The van der Waals surface area contributed by atoms with Crippen molar-refractivity contribution in [3.05, 3.63) is 41.0 Å². The molecule has 0 amide bonds. The Bertz CT molecular complexity index is 783. The Morgan fingerprint density at radius 1 is 1.19 bits per heavy atom. The van der Waals surface area contributed by atoms with Crippen molar-refractivity contribution in [2.45, 2.75) is 71.0 Å². The minimum absolute atomic E-state index is 0.174. The molecule has 1 aromatic rings. The van der Waals surface area contributed by atoms with Gasteiger partial charge in [-0.2, -0.15) is 0 Å². The lowest BCUT2D eigenvalue weighted by Gasteiger charge is -2.26. The number of nitrogens with one attached hydrogen (secondary N) is 1. The summed E-state index contributed by atoms with van der Waals surface area (Å²) in [4.78, 5) is 12.3. The predicted molar refractivity (Wildman–Crippen MR) is 110 cm³/mol. The Kier molecular flexibility index (Phi) is 7.09. The van der Waals surface area contributed by atoms with E-state index >= 15 is 0 Å². The SMILES string of the molecule is CCOC(=O)C1=CCCCC1S(=O)(=O)Nc1c(C(C)C)cccc1C(C)C. The monoisotopic (exact) mass is 393 g/mol. The van der Waals surface area contributed by atoms with Crippen molar-refractivity contribution >= 4 is 21.7 Å². The normalized spacial score (nSPS) is 17.7. The Morgan fingerprint density at radius 2 is 1.78 bits per heavy atom. The van der Waals surface area contributed by atoms with Crippen molar-refractivity contribution < 1.29 is 17.9 Å². The fourth-order valence-electron chi connectivity index (χ4n) is 3.48. The lowest BCUT2D eigenvalue weighted by molar-refractivity contribution is -0.138. The van der Waals surface area contributed by atoms with Crippen LogP contribution in [0.1, 0.15) is 76.8 Å². The predicted octanol–water partition coefficient (Wildman–Crippen LogP) is 4.72. The minimum Gasteiger partial charge on any atom is -0.463 e. The standard InChI is InChI=1S/C21H31NO4S/c1-6-26-21(23)18-10-7-8-13-19(18)27(24,25)22-20-16(14(2)3)11-9-12-17(20)15(4)5/h9-12,14-15,19,22H,6-8,13H2,1-5H3. The van der Waals surface area contributed by atoms with Gasteiger partial charge in [-0.15, -0.1) is 0 Å². The van der Waals surface area contributed by atoms with E-state index in [0.29, 0.717) is 18.5 Å². The molecule has 27 heavy (non-hydrogen) atoms. The van der Waals surface area contributed by atoms with Crippen LogP contribution in [-0.4, -0.2) is 26.2 Å². The van der Waals surface area contributed by atoms with Crippen LogP contribution in [0, 0.1) is 0 Å². The van der Waals surface area contributed by atoms with Crippen LogP contribution in [0.5, 0.6) is 0 Å². The van der Waals surface area contributed by atoms with Crippen molar-refractivity contribution in [2.75, 3.05) is 11.3 Å². The summed E-state index contributed by atoms with van der Waals surface area (Å²) in [5.41, 5.74) is 2.82. The van der Waals surface area contributed by atoms with E-state index < -0.39 is 21.2 Å². The number of esters is 1. The Labute approximate surface area is 163 Å². The minimum atomic E-state index is -3.78. The molecule has 5 nitrogen and oxygen atoms in total. The van der Waals surface area contributed by atoms with E-state index in [1.807, 2.05) is 45.9 Å². The van der Waals surface area contributed by atoms with Gasteiger partial charge in [0.25, 0.3) is 0 Å². The first kappa shape index (κ1) is 21.5. The second-order valence-corrected chi connectivity index (χ2v) is 9.43. The summed E-state index contributed by atoms with van der Waals surface area (Å²) in [6.45, 7) is 10.1. The Morgan fingerprint density at radius 3 is 2.30 bits per heavy atom. The molecular formula is C21H31NO4S. The highest BCUT2D eigenvalue weighted by Crippen LogP contribution is 2.35. The maximum absolute atomic E-state index is 13.3. The van der Waals surface area contributed by atoms with E-state index in [4.69, 9.17) is 4.74 Å². The van der Waals surface area contributed by atoms with E-state index in [2.05, 4.69) is 4.72 Å². The number of hydrogen-bond acceptors (Lipinski definition) is 4. The molecule has 0 radical (unpaired) electrons. The molecule has 2 rings (SSSR count). The van der Waals surface area contributed by atoms with E-state index in [-0.39, 0.29) is 24.0 Å². The summed E-state index contributed by atoms with van der Waals surface area (Å²) in [5, 5.41) is -0.884. The molecule has 0 saturated heterocycles. The molecule has 0 aliphatic heterocycles. The molecule has 1 N–H and O–H groups in total. The number of ether oxygens (including phenoxy) is 1. The van der Waals surface area contributed by atoms with Gasteiger partial charge in [0.2, 0.25) is 10.0 Å². The number of anilines is 1. The highest BCUT2D eigenvalue weighted by atomic mass is 32.2. The molecule has 1 aromatic carbocycles. The lowest BCUT2D eigenvalue weighted by Crippen LogP contribution is -2.35. The van der Waals surface area contributed by atoms with Crippen molar-refractivity contribution in [2.24, 2.45) is 0 Å². The van der Waals surface area contributed by atoms with Crippen molar-refractivity contribution in [3.8, 4) is 0 Å². The number of allylic oxidation sites excluding steroid dienone is 1. The lowest BCUT2D eigenvalue weighted by atomic mass is 9.93. The molecule has 1 aliphatic rings. The Hall–Kier alpha value is -1.82. The van der Waals surface area contributed by atoms with Gasteiger partial charge >= 0.3 is 5.97 Å². The molecule has 0 aromatic heterocycles. The van der Waals surface area contributed by atoms with E-state index in [1.165, 1.54) is 0 Å². The first-order chi connectivity index (χ1) is 12.7. The summed E-state index contributed by atoms with van der Waals surface area (Å²) in [6.07, 6.45) is 3.56. The number of hydrogen-bond donors (Lipinski definition) is 1. The third-order valence-corrected chi connectivity index (χ3v) is 6.61. The van der Waals surface area contributed by atoms with Gasteiger partial charge in [-0.25, -0.2) is 13.2 Å². The van der Waals surface area contributed by atoms with E-state index in [0.717, 1.165) is 17.5 Å². The van der Waals surface area contributed by atoms with E-state index in [9.17, 15) is 13.2 Å². The molecule has 0 bridgehead atoms. The number of benzene rings is 1. The zero-order valence-electron chi connectivity index (χ0n) is 16.9. The maximum atomic E-state index is 13.3. The van der Waals surface area contributed by atoms with Gasteiger partial charge in [0, 0.05) is 0 Å². The smallest absolute Gasteiger partial charge is 0.335 e. The summed E-state index contributed by atoms with van der Waals surface area (Å²) in [7, 11) is -3.78. The summed E-state index contributed by atoms with van der Waals surface area (Å²) < 4.78 is 34.4. The second-order valence-electron chi connectivity index (χ2n) is 7.57. The fraction of sp³-hybridized carbons (Fsp3) is 0.571. The summed E-state index contributed by atoms with van der Waals surface area (Å²) >= 11 is 0. The van der Waals surface area contributed by atoms with Crippen LogP contribution < -0.4 is 4.72 Å². The van der Waals surface area contributed by atoms with E-state index in [1.54, 1.807) is 13.0 Å². The van der Waals surface area contributed by atoms with Gasteiger partial charge in [-0.1, -0.05) is 52.0 Å². The quantitative estimate of drug-likeness (QED) is 0.681. The number of rotatable bonds is 7. The van der Waals surface area contributed by atoms with Crippen LogP contribution in [-0.2, 0) is 19.6 Å². The molecule has 1 atom stereocenters. The summed E-state index contributed by atoms with van der Waals surface area (Å²) in [6, 6.07) is 5.88. The Balaban J connectivity index is 2.45. The van der Waals surface area contributed by atoms with Gasteiger partial charge in [0.15, 0.2) is 0 Å². The van der Waals surface area contributed by atoms with Crippen molar-refractivity contribution in [1.82, 2.24) is 0 Å². The van der Waals surface area contributed by atoms with Gasteiger partial charge < -0.3 is 4.74 Å². The molecule has 0 spiro atoms. The van der Waals surface area contributed by atoms with Crippen molar-refractivity contribution in [3.63, 3.8) is 0 Å². The average molecular weight is 394 g/mol. The molecule has 6 heteroatoms. The molecule has 0 saturated carbocycles. The molecule has 0 fully saturated rings. The topological polar surface area (TPSA) is 72.5 Å². The van der Waals surface area contributed by atoms with Crippen LogP contribution in [0.3, 0.4) is 0 Å². The van der Waals surface area contributed by atoms with Gasteiger partial charge in [-0.05, 0) is 49.1 Å². The van der Waals surface area contributed by atoms with Crippen LogP contribution in [0.2, 0.25) is 0 Å². The molecule has 150 valence electrons. The molecule has 1 unspecified atom stereocenters. The third-order valence-electron chi connectivity index (χ3n) is 4.88. The maximum Gasteiger partial charge on any atom is 0.335 e. The number of sulfonamides is 1. The van der Waals surface area contributed by atoms with Gasteiger partial charge in [0.05, 0.1) is 17.9 Å². The van der Waals surface area contributed by atoms with Crippen molar-refractivity contribution in [1.29, 1.82) is 0 Å².